The topological polar surface area (TPSA) is 92.3 Å². The minimum atomic E-state index is -3.47. The van der Waals surface area contributed by atoms with Crippen molar-refractivity contribution >= 4 is 27.3 Å². The van der Waals surface area contributed by atoms with Crippen molar-refractivity contribution in [3.8, 4) is 0 Å². The van der Waals surface area contributed by atoms with Crippen LogP contribution in [0.15, 0.2) is 53.4 Å². The Morgan fingerprint density at radius 1 is 1.04 bits per heavy atom. The molecule has 26 heavy (non-hydrogen) atoms. The second-order valence-electron chi connectivity index (χ2n) is 6.18. The highest BCUT2D eigenvalue weighted by atomic mass is 32.2. The van der Waals surface area contributed by atoms with E-state index < -0.39 is 15.9 Å². The van der Waals surface area contributed by atoms with Gasteiger partial charge in [-0.2, -0.15) is 0 Å². The third-order valence-corrected chi connectivity index (χ3v) is 4.96. The third kappa shape index (κ3) is 5.42. The van der Waals surface area contributed by atoms with Gasteiger partial charge in [-0.25, -0.2) is 8.42 Å². The first kappa shape index (κ1) is 19.7. The summed E-state index contributed by atoms with van der Waals surface area (Å²) in [6.45, 7) is 3.34. The second-order valence-corrected chi connectivity index (χ2v) is 8.17. The van der Waals surface area contributed by atoms with Gasteiger partial charge in [0, 0.05) is 13.2 Å². The fourth-order valence-electron chi connectivity index (χ4n) is 2.58. The van der Waals surface area contributed by atoms with E-state index in [4.69, 9.17) is 0 Å². The second kappa shape index (κ2) is 8.14. The Hall–Kier alpha value is -2.67. The Bertz CT molecular complexity index is 905. The van der Waals surface area contributed by atoms with Crippen LogP contribution in [0, 0.1) is 6.92 Å². The molecule has 0 heterocycles. The molecule has 0 aliphatic rings. The number of para-hydroxylation sites is 1. The van der Waals surface area contributed by atoms with E-state index in [9.17, 15) is 18.0 Å². The maximum Gasteiger partial charge on any atom is 0.226 e. The highest BCUT2D eigenvalue weighted by Crippen LogP contribution is 2.23. The molecule has 2 N–H and O–H groups in total. The summed E-state index contributed by atoms with van der Waals surface area (Å²) in [4.78, 5) is 24.0. The molecule has 0 spiro atoms. The number of hydrogen-bond donors (Lipinski definition) is 2. The molecule has 0 saturated heterocycles. The summed E-state index contributed by atoms with van der Waals surface area (Å²) < 4.78 is 23.7. The fourth-order valence-corrected chi connectivity index (χ4v) is 3.42. The van der Waals surface area contributed by atoms with Gasteiger partial charge in [-0.15, -0.1) is 0 Å². The van der Waals surface area contributed by atoms with Crippen LogP contribution in [-0.2, 0) is 19.4 Å². The normalized spacial score (nSPS) is 12.3. The van der Waals surface area contributed by atoms with Crippen molar-refractivity contribution < 1.29 is 18.0 Å². The number of rotatable bonds is 6. The van der Waals surface area contributed by atoms with E-state index in [2.05, 4.69) is 10.6 Å². The molecule has 2 aromatic rings. The molecule has 2 aromatic carbocycles. The molecule has 1 unspecified atom stereocenters. The van der Waals surface area contributed by atoms with E-state index in [1.807, 2.05) is 31.2 Å². The van der Waals surface area contributed by atoms with Gasteiger partial charge < -0.3 is 10.6 Å². The highest BCUT2D eigenvalue weighted by molar-refractivity contribution is 7.90. The average molecular weight is 374 g/mol. The quantitative estimate of drug-likeness (QED) is 0.813. The molecule has 6 nitrogen and oxygen atoms in total. The summed E-state index contributed by atoms with van der Waals surface area (Å²) >= 11 is 0. The van der Waals surface area contributed by atoms with Crippen LogP contribution < -0.4 is 10.6 Å². The lowest BCUT2D eigenvalue weighted by Crippen LogP contribution is -2.30. The average Bonchev–Trinajstić information content (AvgIpc) is 2.54. The molecular weight excluding hydrogens is 352 g/mol. The number of amides is 2. The summed E-state index contributed by atoms with van der Waals surface area (Å²) in [7, 11) is -3.47. The van der Waals surface area contributed by atoms with Gasteiger partial charge in [0.15, 0.2) is 9.84 Å². The highest BCUT2D eigenvalue weighted by Gasteiger charge is 2.19. The number of nitrogens with one attached hydrogen (secondary N) is 2. The van der Waals surface area contributed by atoms with Crippen LogP contribution in [0.3, 0.4) is 0 Å². The van der Waals surface area contributed by atoms with E-state index in [-0.39, 0.29) is 28.8 Å². The molecule has 7 heteroatoms. The number of hydrogen-bond acceptors (Lipinski definition) is 4. The minimum Gasteiger partial charge on any atom is -0.349 e. The molecule has 0 aliphatic heterocycles. The standard InChI is InChI=1S/C19H22N2O4S/c1-13-8-10-15(11-9-13)17(20-14(2)22)12-19(23)21-16-6-4-5-7-18(16)26(3,24)25/h4-11,17H,12H2,1-3H3,(H,20,22)(H,21,23). The van der Waals surface area contributed by atoms with Gasteiger partial charge in [-0.3, -0.25) is 9.59 Å². The van der Waals surface area contributed by atoms with E-state index in [0.717, 1.165) is 17.4 Å². The lowest BCUT2D eigenvalue weighted by Gasteiger charge is -2.19. The maximum atomic E-state index is 12.5. The lowest BCUT2D eigenvalue weighted by molar-refractivity contribution is -0.120. The Balaban J connectivity index is 2.20. The zero-order chi connectivity index (χ0) is 19.3. The molecule has 138 valence electrons. The van der Waals surface area contributed by atoms with Crippen molar-refractivity contribution in [2.45, 2.75) is 31.2 Å². The van der Waals surface area contributed by atoms with Crippen LogP contribution in [0.5, 0.6) is 0 Å². The summed E-state index contributed by atoms with van der Waals surface area (Å²) in [5.41, 5.74) is 2.10. The predicted octanol–water partition coefficient (Wildman–Crippen LogP) is 2.60. The fraction of sp³-hybridized carbons (Fsp3) is 0.263. The van der Waals surface area contributed by atoms with Gasteiger partial charge in [0.25, 0.3) is 0 Å². The monoisotopic (exact) mass is 374 g/mol. The van der Waals surface area contributed by atoms with Crippen molar-refractivity contribution in [2.24, 2.45) is 0 Å². The number of anilines is 1. The Morgan fingerprint density at radius 2 is 1.65 bits per heavy atom. The zero-order valence-electron chi connectivity index (χ0n) is 14.9. The Morgan fingerprint density at radius 3 is 2.23 bits per heavy atom. The minimum absolute atomic E-state index is 0.0132. The molecule has 0 aliphatic carbocycles. The molecule has 0 bridgehead atoms. The first-order valence-corrected chi connectivity index (χ1v) is 9.98. The summed E-state index contributed by atoms with van der Waals surface area (Å²) in [5.74, 6) is -0.639. The maximum absolute atomic E-state index is 12.5. The van der Waals surface area contributed by atoms with Crippen molar-refractivity contribution in [2.75, 3.05) is 11.6 Å². The van der Waals surface area contributed by atoms with Crippen LogP contribution in [-0.4, -0.2) is 26.5 Å². The number of carbonyl (C=O) groups excluding carboxylic acids is 2. The zero-order valence-corrected chi connectivity index (χ0v) is 15.8. The van der Waals surface area contributed by atoms with Crippen LogP contribution in [0.1, 0.15) is 30.5 Å². The van der Waals surface area contributed by atoms with Gasteiger partial charge in [0.1, 0.15) is 0 Å². The van der Waals surface area contributed by atoms with E-state index in [1.165, 1.54) is 19.1 Å². The third-order valence-electron chi connectivity index (χ3n) is 3.81. The Labute approximate surface area is 153 Å². The van der Waals surface area contributed by atoms with Gasteiger partial charge in [-0.05, 0) is 24.6 Å². The van der Waals surface area contributed by atoms with Gasteiger partial charge >= 0.3 is 0 Å². The molecule has 2 rings (SSSR count). The number of aryl methyl sites for hydroxylation is 1. The molecule has 0 aromatic heterocycles. The molecule has 0 saturated carbocycles. The molecular formula is C19H22N2O4S. The van der Waals surface area contributed by atoms with E-state index in [1.54, 1.807) is 12.1 Å². The smallest absolute Gasteiger partial charge is 0.226 e. The van der Waals surface area contributed by atoms with Crippen LogP contribution in [0.25, 0.3) is 0 Å². The van der Waals surface area contributed by atoms with Gasteiger partial charge in [0.2, 0.25) is 11.8 Å². The molecule has 2 amide bonds. The SMILES string of the molecule is CC(=O)NC(CC(=O)Nc1ccccc1S(C)(=O)=O)c1ccc(C)cc1. The number of sulfone groups is 1. The first-order valence-electron chi connectivity index (χ1n) is 8.09. The summed E-state index contributed by atoms with van der Waals surface area (Å²) in [6.07, 6.45) is 1.07. The lowest BCUT2D eigenvalue weighted by atomic mass is 10.0. The number of benzene rings is 2. The Kier molecular flexibility index (Phi) is 6.15. The van der Waals surface area contributed by atoms with Crippen molar-refractivity contribution in [1.82, 2.24) is 5.32 Å². The van der Waals surface area contributed by atoms with Crippen LogP contribution in [0.2, 0.25) is 0 Å². The summed E-state index contributed by atoms with van der Waals surface area (Å²) in [6, 6.07) is 13.2. The molecule has 0 radical (unpaired) electrons. The molecule has 0 fully saturated rings. The van der Waals surface area contributed by atoms with Crippen LogP contribution in [0.4, 0.5) is 5.69 Å². The van der Waals surface area contributed by atoms with Crippen molar-refractivity contribution in [3.05, 3.63) is 59.7 Å². The molecule has 1 atom stereocenters. The van der Waals surface area contributed by atoms with Gasteiger partial charge in [-0.1, -0.05) is 42.0 Å². The summed E-state index contributed by atoms with van der Waals surface area (Å²) in [5, 5.41) is 5.39. The van der Waals surface area contributed by atoms with Crippen molar-refractivity contribution in [3.63, 3.8) is 0 Å². The van der Waals surface area contributed by atoms with Gasteiger partial charge in [0.05, 0.1) is 23.0 Å². The largest absolute Gasteiger partial charge is 0.349 e. The van der Waals surface area contributed by atoms with E-state index in [0.29, 0.717) is 0 Å². The van der Waals surface area contributed by atoms with Crippen molar-refractivity contribution in [1.29, 1.82) is 0 Å². The van der Waals surface area contributed by atoms with Crippen LogP contribution >= 0.6 is 0 Å². The predicted molar refractivity (Wildman–Crippen MR) is 101 cm³/mol. The van der Waals surface area contributed by atoms with E-state index >= 15 is 0 Å². The first-order chi connectivity index (χ1) is 12.2. The number of carbonyl (C=O) groups is 2.